The molecule has 1 aliphatic rings. The van der Waals surface area contributed by atoms with Crippen LogP contribution in [0.1, 0.15) is 17.0 Å². The van der Waals surface area contributed by atoms with E-state index in [2.05, 4.69) is 15.5 Å². The second kappa shape index (κ2) is 12.0. The highest BCUT2D eigenvalue weighted by Gasteiger charge is 2.32. The lowest BCUT2D eigenvalue weighted by atomic mass is 10.0. The Kier molecular flexibility index (Phi) is 8.45. The van der Waals surface area contributed by atoms with Crippen LogP contribution in [0.25, 0.3) is 21.6 Å². The summed E-state index contributed by atoms with van der Waals surface area (Å²) in [5.74, 6) is 0. The molecule has 0 unspecified atom stereocenters. The van der Waals surface area contributed by atoms with Crippen molar-refractivity contribution in [2.75, 3.05) is 32.5 Å². The van der Waals surface area contributed by atoms with E-state index in [0.717, 1.165) is 28.0 Å². The first-order valence-electron chi connectivity index (χ1n) is 13.1. The first kappa shape index (κ1) is 28.8. The van der Waals surface area contributed by atoms with Crippen LogP contribution in [0, 0.1) is 0 Å². The summed E-state index contributed by atoms with van der Waals surface area (Å²) >= 11 is 1.10. The fourth-order valence-electron chi connectivity index (χ4n) is 4.87. The minimum Gasteiger partial charge on any atom is -0.445 e. The fraction of sp³-hybridized carbons (Fsp3) is 0.393. The largest absolute Gasteiger partial charge is 0.445 e. The number of piperidine rings is 1. The van der Waals surface area contributed by atoms with Crippen LogP contribution >= 0.6 is 11.3 Å². The first-order valence-corrected chi connectivity index (χ1v) is 13.9. The van der Waals surface area contributed by atoms with Crippen molar-refractivity contribution in [3.8, 4) is 10.7 Å². The van der Waals surface area contributed by atoms with Crippen molar-refractivity contribution in [1.29, 1.82) is 0 Å². The van der Waals surface area contributed by atoms with Crippen molar-refractivity contribution in [2.45, 2.75) is 44.5 Å². The molecule has 218 valence electrons. The van der Waals surface area contributed by atoms with Gasteiger partial charge in [0.05, 0.1) is 23.8 Å². The van der Waals surface area contributed by atoms with Gasteiger partial charge in [-0.25, -0.2) is 9.18 Å². The zero-order valence-electron chi connectivity index (χ0n) is 22.6. The highest BCUT2D eigenvalue weighted by molar-refractivity contribution is 7.14. The Hall–Kier alpha value is -3.71. The number of benzene rings is 2. The number of nitrogens with zero attached hydrogens (tertiary/aromatic N) is 5. The van der Waals surface area contributed by atoms with Gasteiger partial charge in [0.2, 0.25) is 0 Å². The number of nitrogens with one attached hydrogen (secondary N) is 1. The molecule has 3 heterocycles. The van der Waals surface area contributed by atoms with Gasteiger partial charge < -0.3 is 24.4 Å². The topological polar surface area (TPSA) is 75.5 Å². The summed E-state index contributed by atoms with van der Waals surface area (Å²) in [4.78, 5) is 15.7. The molecule has 0 spiro atoms. The third kappa shape index (κ3) is 6.96. The van der Waals surface area contributed by atoms with Crippen molar-refractivity contribution < 1.29 is 27.1 Å². The van der Waals surface area contributed by atoms with E-state index < -0.39 is 31.0 Å². The fourth-order valence-corrected chi connectivity index (χ4v) is 5.79. The van der Waals surface area contributed by atoms with Gasteiger partial charge in [-0.2, -0.15) is 13.2 Å². The van der Waals surface area contributed by atoms with E-state index >= 15 is 0 Å². The maximum atomic E-state index is 14.7. The molecule has 0 saturated carbocycles. The number of anilines is 1. The average Bonchev–Trinajstić information content (AvgIpc) is 3.53. The van der Waals surface area contributed by atoms with Gasteiger partial charge in [0.1, 0.15) is 24.3 Å². The van der Waals surface area contributed by atoms with Gasteiger partial charge in [-0.05, 0) is 37.2 Å². The third-order valence-electron chi connectivity index (χ3n) is 6.94. The molecule has 2 atom stereocenters. The summed E-state index contributed by atoms with van der Waals surface area (Å²) in [6.07, 6.45) is -5.58. The van der Waals surface area contributed by atoms with Crippen LogP contribution in [-0.4, -0.2) is 76.2 Å². The SMILES string of the molecule is CN1CC[C@@H](Nc2cccc3c2cc(-c2nnc(CN(C)C(=O)OCc4ccccc4)s2)n3CC(F)(F)F)[C@@H](F)C1. The Morgan fingerprint density at radius 1 is 1.17 bits per heavy atom. The second-order valence-electron chi connectivity index (χ2n) is 10.2. The minimum atomic E-state index is -4.49. The van der Waals surface area contributed by atoms with Crippen LogP contribution in [0.3, 0.4) is 0 Å². The lowest BCUT2D eigenvalue weighted by Crippen LogP contribution is -2.46. The highest BCUT2D eigenvalue weighted by atomic mass is 32.1. The van der Waals surface area contributed by atoms with Crippen molar-refractivity contribution in [3.63, 3.8) is 0 Å². The van der Waals surface area contributed by atoms with Gasteiger partial charge in [-0.1, -0.05) is 47.7 Å². The molecular formula is C28H30F4N6O2S. The molecule has 2 aromatic heterocycles. The Morgan fingerprint density at radius 2 is 1.95 bits per heavy atom. The lowest BCUT2D eigenvalue weighted by molar-refractivity contribution is -0.139. The number of amides is 1. The Bertz CT molecular complexity index is 1490. The molecule has 5 rings (SSSR count). The molecule has 8 nitrogen and oxygen atoms in total. The minimum absolute atomic E-state index is 0.0750. The average molecular weight is 591 g/mol. The highest BCUT2D eigenvalue weighted by Crippen LogP contribution is 2.37. The lowest BCUT2D eigenvalue weighted by Gasteiger charge is -2.33. The molecule has 1 saturated heterocycles. The summed E-state index contributed by atoms with van der Waals surface area (Å²) in [6.45, 7) is -0.0342. The van der Waals surface area contributed by atoms with Crippen LogP contribution in [0.2, 0.25) is 0 Å². The number of aromatic nitrogens is 3. The summed E-state index contributed by atoms with van der Waals surface area (Å²) in [6, 6.07) is 15.4. The van der Waals surface area contributed by atoms with Gasteiger partial charge in [0.25, 0.3) is 0 Å². The summed E-state index contributed by atoms with van der Waals surface area (Å²) in [7, 11) is 3.41. The number of fused-ring (bicyclic) bond motifs is 1. The van der Waals surface area contributed by atoms with Gasteiger partial charge in [-0.15, -0.1) is 10.2 Å². The number of hydrogen-bond acceptors (Lipinski definition) is 7. The molecule has 0 bridgehead atoms. The number of halogens is 4. The molecule has 1 fully saturated rings. The van der Waals surface area contributed by atoms with Crippen LogP contribution in [0.15, 0.2) is 54.6 Å². The standard InChI is InChI=1S/C28H30F4N6O2S/c1-36-12-11-22(20(29)14-36)33-21-9-6-10-23-19(21)13-24(38(23)17-28(30,31)32)26-35-34-25(41-26)15-37(2)27(39)40-16-18-7-4-3-5-8-18/h3-10,13,20,22,33H,11-12,14-17H2,1-2H3/t20-,22+/m0/s1. The number of alkyl halides is 4. The number of likely N-dealkylation sites (tertiary alicyclic amines) is 1. The Labute approximate surface area is 238 Å². The van der Waals surface area contributed by atoms with E-state index in [-0.39, 0.29) is 30.4 Å². The Balaban J connectivity index is 1.38. The number of carbonyl (C=O) groups is 1. The molecule has 4 aromatic rings. The van der Waals surface area contributed by atoms with Crippen LogP contribution in [-0.2, 0) is 24.4 Å². The molecular weight excluding hydrogens is 560 g/mol. The monoisotopic (exact) mass is 590 g/mol. The van der Waals surface area contributed by atoms with Gasteiger partial charge in [0.15, 0.2) is 5.01 Å². The second-order valence-corrected chi connectivity index (χ2v) is 11.2. The van der Waals surface area contributed by atoms with Gasteiger partial charge in [0, 0.05) is 31.2 Å². The zero-order chi connectivity index (χ0) is 29.1. The molecule has 0 aliphatic carbocycles. The smallest absolute Gasteiger partial charge is 0.410 e. The molecule has 1 aliphatic heterocycles. The van der Waals surface area contributed by atoms with Crippen LogP contribution in [0.5, 0.6) is 0 Å². The normalized spacial score (nSPS) is 18.0. The molecule has 1 N–H and O–H groups in total. The van der Waals surface area contributed by atoms with E-state index in [1.165, 1.54) is 4.90 Å². The predicted octanol–water partition coefficient (Wildman–Crippen LogP) is 5.94. The van der Waals surface area contributed by atoms with Crippen molar-refractivity contribution >= 4 is 34.0 Å². The maximum absolute atomic E-state index is 14.7. The van der Waals surface area contributed by atoms with E-state index in [1.807, 2.05) is 42.3 Å². The number of rotatable bonds is 8. The van der Waals surface area contributed by atoms with E-state index in [0.29, 0.717) is 28.0 Å². The quantitative estimate of drug-likeness (QED) is 0.256. The van der Waals surface area contributed by atoms with Gasteiger partial charge in [-0.3, -0.25) is 0 Å². The van der Waals surface area contributed by atoms with Crippen molar-refractivity contribution in [2.24, 2.45) is 0 Å². The summed E-state index contributed by atoms with van der Waals surface area (Å²) in [5, 5.41) is 12.8. The van der Waals surface area contributed by atoms with Crippen LogP contribution < -0.4 is 5.32 Å². The first-order chi connectivity index (χ1) is 19.6. The van der Waals surface area contributed by atoms with Crippen LogP contribution in [0.4, 0.5) is 28.0 Å². The molecule has 13 heteroatoms. The summed E-state index contributed by atoms with van der Waals surface area (Å²) in [5.41, 5.74) is 2.00. The van der Waals surface area contributed by atoms with Crippen molar-refractivity contribution in [1.82, 2.24) is 24.6 Å². The van der Waals surface area contributed by atoms with Gasteiger partial charge >= 0.3 is 12.3 Å². The van der Waals surface area contributed by atoms with E-state index in [4.69, 9.17) is 4.74 Å². The third-order valence-corrected chi connectivity index (χ3v) is 7.87. The number of ether oxygens (including phenoxy) is 1. The molecule has 41 heavy (non-hydrogen) atoms. The number of hydrogen-bond donors (Lipinski definition) is 1. The van der Waals surface area contributed by atoms with E-state index in [1.54, 1.807) is 31.3 Å². The molecule has 0 radical (unpaired) electrons. The van der Waals surface area contributed by atoms with E-state index in [9.17, 15) is 22.4 Å². The predicted molar refractivity (Wildman–Crippen MR) is 149 cm³/mol. The number of carbonyl (C=O) groups excluding carboxylic acids is 1. The van der Waals surface area contributed by atoms with Crippen molar-refractivity contribution in [3.05, 3.63) is 65.2 Å². The molecule has 2 aromatic carbocycles. The Morgan fingerprint density at radius 3 is 2.68 bits per heavy atom. The maximum Gasteiger partial charge on any atom is 0.410 e. The summed E-state index contributed by atoms with van der Waals surface area (Å²) < 4.78 is 62.3. The molecule has 1 amide bonds. The zero-order valence-corrected chi connectivity index (χ0v) is 23.4.